The number of aliphatic hydroxyl groups is 2. The third-order valence-corrected chi connectivity index (χ3v) is 3.87. The zero-order chi connectivity index (χ0) is 15.5. The fourth-order valence-corrected chi connectivity index (χ4v) is 2.86. The standard InChI is InChI=1S/C15H22ClN3O2/c1-18-6-2-3-13(18)12-11-15(16,17)5-4-14(12)19(7-9-20)8-10-21/h2-6,11,14,20-21H,7-10,17H2,1H3. The van der Waals surface area contributed by atoms with E-state index in [1.807, 2.05) is 47.0 Å². The van der Waals surface area contributed by atoms with E-state index in [9.17, 15) is 10.2 Å². The number of aliphatic hydroxyl groups excluding tert-OH is 2. The van der Waals surface area contributed by atoms with Gasteiger partial charge in [0.15, 0.2) is 0 Å². The average molecular weight is 312 g/mol. The Balaban J connectivity index is 2.39. The molecule has 1 heterocycles. The lowest BCUT2D eigenvalue weighted by Gasteiger charge is -2.35. The van der Waals surface area contributed by atoms with Crippen LogP contribution in [-0.2, 0) is 7.05 Å². The van der Waals surface area contributed by atoms with Crippen LogP contribution in [0.5, 0.6) is 0 Å². The highest BCUT2D eigenvalue weighted by molar-refractivity contribution is 6.26. The second-order valence-corrected chi connectivity index (χ2v) is 5.87. The molecule has 0 fully saturated rings. The highest BCUT2D eigenvalue weighted by Crippen LogP contribution is 2.32. The van der Waals surface area contributed by atoms with Gasteiger partial charge in [0.05, 0.1) is 19.3 Å². The zero-order valence-electron chi connectivity index (χ0n) is 12.1. The van der Waals surface area contributed by atoms with Gasteiger partial charge in [-0.2, -0.15) is 0 Å². The summed E-state index contributed by atoms with van der Waals surface area (Å²) in [6, 6.07) is 3.88. The summed E-state index contributed by atoms with van der Waals surface area (Å²) in [5, 5.41) is 18.5. The summed E-state index contributed by atoms with van der Waals surface area (Å²) in [6.45, 7) is 0.993. The van der Waals surface area contributed by atoms with E-state index in [0.717, 1.165) is 11.3 Å². The Hall–Kier alpha value is -1.11. The first-order chi connectivity index (χ1) is 9.98. The number of aromatic nitrogens is 1. The van der Waals surface area contributed by atoms with E-state index in [0.29, 0.717) is 13.1 Å². The number of alkyl halides is 1. The molecule has 21 heavy (non-hydrogen) atoms. The number of hydrogen-bond acceptors (Lipinski definition) is 4. The fourth-order valence-electron chi connectivity index (χ4n) is 2.67. The van der Waals surface area contributed by atoms with Crippen LogP contribution < -0.4 is 5.73 Å². The maximum atomic E-state index is 9.25. The monoisotopic (exact) mass is 311 g/mol. The molecule has 1 aromatic heterocycles. The Labute approximate surface area is 129 Å². The van der Waals surface area contributed by atoms with Crippen molar-refractivity contribution in [3.63, 3.8) is 0 Å². The van der Waals surface area contributed by atoms with Crippen molar-refractivity contribution >= 4 is 17.2 Å². The quantitative estimate of drug-likeness (QED) is 0.407. The van der Waals surface area contributed by atoms with E-state index in [4.69, 9.17) is 17.3 Å². The molecule has 4 N–H and O–H groups in total. The van der Waals surface area contributed by atoms with E-state index in [1.165, 1.54) is 0 Å². The average Bonchev–Trinajstić information content (AvgIpc) is 2.84. The van der Waals surface area contributed by atoms with Crippen LogP contribution in [0.2, 0.25) is 0 Å². The first-order valence-corrected chi connectivity index (χ1v) is 7.33. The molecule has 2 rings (SSSR count). The van der Waals surface area contributed by atoms with Crippen molar-refractivity contribution in [3.05, 3.63) is 42.3 Å². The SMILES string of the molecule is Cn1cccc1C1=CC(N)(Cl)C=CC1N(CCO)CCO. The van der Waals surface area contributed by atoms with Gasteiger partial charge in [0.25, 0.3) is 0 Å². The first-order valence-electron chi connectivity index (χ1n) is 6.96. The van der Waals surface area contributed by atoms with E-state index >= 15 is 0 Å². The van der Waals surface area contributed by atoms with Gasteiger partial charge in [-0.1, -0.05) is 17.7 Å². The van der Waals surface area contributed by atoms with Crippen molar-refractivity contribution in [2.24, 2.45) is 12.8 Å². The second-order valence-electron chi connectivity index (χ2n) is 5.22. The highest BCUT2D eigenvalue weighted by atomic mass is 35.5. The molecule has 0 amide bonds. The summed E-state index contributed by atoms with van der Waals surface area (Å²) in [5.74, 6) is 0. The Morgan fingerprint density at radius 3 is 2.57 bits per heavy atom. The molecule has 0 spiro atoms. The van der Waals surface area contributed by atoms with Crippen LogP contribution in [0, 0.1) is 0 Å². The molecule has 2 atom stereocenters. The fraction of sp³-hybridized carbons (Fsp3) is 0.467. The van der Waals surface area contributed by atoms with Crippen LogP contribution in [0.25, 0.3) is 5.57 Å². The molecule has 0 saturated heterocycles. The van der Waals surface area contributed by atoms with Crippen LogP contribution in [-0.4, -0.2) is 57.0 Å². The van der Waals surface area contributed by atoms with Gasteiger partial charge < -0.3 is 20.5 Å². The number of nitrogens with zero attached hydrogens (tertiary/aromatic N) is 2. The van der Waals surface area contributed by atoms with E-state index < -0.39 is 5.00 Å². The minimum absolute atomic E-state index is 0.0272. The lowest BCUT2D eigenvalue weighted by Crippen LogP contribution is -2.43. The highest BCUT2D eigenvalue weighted by Gasteiger charge is 2.30. The summed E-state index contributed by atoms with van der Waals surface area (Å²) in [7, 11) is 1.96. The summed E-state index contributed by atoms with van der Waals surface area (Å²) in [6.07, 6.45) is 7.46. The van der Waals surface area contributed by atoms with E-state index in [-0.39, 0.29) is 19.3 Å². The van der Waals surface area contributed by atoms with Crippen molar-refractivity contribution in [2.75, 3.05) is 26.3 Å². The number of nitrogens with two attached hydrogens (primary N) is 1. The van der Waals surface area contributed by atoms with Crippen molar-refractivity contribution < 1.29 is 10.2 Å². The zero-order valence-corrected chi connectivity index (χ0v) is 12.9. The normalized spacial score (nSPS) is 25.4. The molecule has 1 aliphatic carbocycles. The van der Waals surface area contributed by atoms with Crippen LogP contribution >= 0.6 is 11.6 Å². The predicted molar refractivity (Wildman–Crippen MR) is 84.8 cm³/mol. The van der Waals surface area contributed by atoms with Crippen LogP contribution in [0.3, 0.4) is 0 Å². The molecule has 2 unspecified atom stereocenters. The molecule has 5 nitrogen and oxygen atoms in total. The maximum absolute atomic E-state index is 9.25. The molecular weight excluding hydrogens is 290 g/mol. The van der Waals surface area contributed by atoms with Gasteiger partial charge in [0.2, 0.25) is 0 Å². The number of rotatable bonds is 6. The number of aryl methyl sites for hydroxylation is 1. The van der Waals surface area contributed by atoms with Gasteiger partial charge in [0, 0.05) is 32.0 Å². The lowest BCUT2D eigenvalue weighted by molar-refractivity contribution is 0.155. The summed E-state index contributed by atoms with van der Waals surface area (Å²) in [5.41, 5.74) is 8.00. The van der Waals surface area contributed by atoms with Crippen LogP contribution in [0.1, 0.15) is 5.69 Å². The van der Waals surface area contributed by atoms with Crippen molar-refractivity contribution in [3.8, 4) is 0 Å². The van der Waals surface area contributed by atoms with Gasteiger partial charge in [-0.3, -0.25) is 4.90 Å². The molecule has 116 valence electrons. The van der Waals surface area contributed by atoms with Crippen molar-refractivity contribution in [1.82, 2.24) is 9.47 Å². The third-order valence-electron chi connectivity index (χ3n) is 3.64. The third kappa shape index (κ3) is 3.75. The van der Waals surface area contributed by atoms with Crippen molar-refractivity contribution in [2.45, 2.75) is 11.0 Å². The van der Waals surface area contributed by atoms with Gasteiger partial charge >= 0.3 is 0 Å². The Bertz CT molecular complexity index is 531. The molecule has 1 aromatic rings. The molecule has 1 aliphatic rings. The maximum Gasteiger partial charge on any atom is 0.129 e. The van der Waals surface area contributed by atoms with Gasteiger partial charge in [-0.05, 0) is 29.9 Å². The predicted octanol–water partition coefficient (Wildman–Crippen LogP) is 0.527. The molecule has 0 saturated carbocycles. The molecule has 6 heteroatoms. The van der Waals surface area contributed by atoms with Gasteiger partial charge in [-0.25, -0.2) is 0 Å². The largest absolute Gasteiger partial charge is 0.395 e. The topological polar surface area (TPSA) is 74.7 Å². The molecule has 0 bridgehead atoms. The van der Waals surface area contributed by atoms with E-state index in [1.54, 1.807) is 6.08 Å². The van der Waals surface area contributed by atoms with Gasteiger partial charge in [-0.15, -0.1) is 0 Å². The molecule has 0 radical (unpaired) electrons. The Morgan fingerprint density at radius 2 is 2.05 bits per heavy atom. The summed E-state index contributed by atoms with van der Waals surface area (Å²) >= 11 is 6.25. The lowest BCUT2D eigenvalue weighted by atomic mass is 9.93. The number of halogens is 1. The van der Waals surface area contributed by atoms with Crippen LogP contribution in [0.15, 0.2) is 36.6 Å². The Kier molecular flexibility index (Phi) is 5.24. The number of hydrogen-bond donors (Lipinski definition) is 3. The summed E-state index contributed by atoms with van der Waals surface area (Å²) in [4.78, 5) is 0.988. The Morgan fingerprint density at radius 1 is 1.38 bits per heavy atom. The first kappa shape index (κ1) is 16.3. The minimum Gasteiger partial charge on any atom is -0.395 e. The van der Waals surface area contributed by atoms with Crippen molar-refractivity contribution in [1.29, 1.82) is 0 Å². The minimum atomic E-state index is -1.01. The summed E-state index contributed by atoms with van der Waals surface area (Å²) < 4.78 is 2.00. The molecule has 0 aliphatic heterocycles. The van der Waals surface area contributed by atoms with Crippen LogP contribution in [0.4, 0.5) is 0 Å². The molecular formula is C15H22ClN3O2. The smallest absolute Gasteiger partial charge is 0.129 e. The molecule has 0 aromatic carbocycles. The second kappa shape index (κ2) is 6.77. The van der Waals surface area contributed by atoms with E-state index in [2.05, 4.69) is 0 Å². The van der Waals surface area contributed by atoms with Gasteiger partial charge in [0.1, 0.15) is 5.00 Å².